The molecule has 0 aromatic heterocycles. The quantitative estimate of drug-likeness (QED) is 0.0266. The lowest BCUT2D eigenvalue weighted by molar-refractivity contribution is -0.461. The lowest BCUT2D eigenvalue weighted by atomic mass is 9.88. The Morgan fingerprint density at radius 3 is 1.72 bits per heavy atom. The molecule has 386 valence electrons. The van der Waals surface area contributed by atoms with Crippen LogP contribution in [0.15, 0.2) is 66.8 Å². The number of amides is 1. The molecule has 0 bridgehead atoms. The summed E-state index contributed by atoms with van der Waals surface area (Å²) in [7, 11) is -4.05. The molecule has 1 amide bonds. The van der Waals surface area contributed by atoms with E-state index in [2.05, 4.69) is 5.32 Å². The van der Waals surface area contributed by atoms with Crippen molar-refractivity contribution in [3.63, 3.8) is 0 Å². The monoisotopic (exact) mass is 1040 g/mol. The largest absolute Gasteiger partial charge is 0.491 e. The number of ether oxygens (including phenoxy) is 3. The van der Waals surface area contributed by atoms with Crippen molar-refractivity contribution in [2.45, 2.75) is 125 Å². The summed E-state index contributed by atoms with van der Waals surface area (Å²) < 4.78 is 285. The fourth-order valence-electron chi connectivity index (χ4n) is 6.43. The Bertz CT molecular complexity index is 2040. The number of alkyl halides is 17. The number of benzene rings is 2. The second-order valence-electron chi connectivity index (χ2n) is 15.4. The first-order chi connectivity index (χ1) is 30.9. The van der Waals surface area contributed by atoms with Crippen LogP contribution in [0.4, 0.5) is 93.9 Å². The molecular weight excluding hydrogens is 992 g/mol. The van der Waals surface area contributed by atoms with Crippen LogP contribution in [0.2, 0.25) is 17.1 Å². The van der Waals surface area contributed by atoms with Gasteiger partial charge < -0.3 is 18.6 Å². The van der Waals surface area contributed by atoms with Gasteiger partial charge in [-0.15, -0.1) is 0 Å². The van der Waals surface area contributed by atoms with E-state index in [0.29, 0.717) is 11.6 Å². The minimum atomic E-state index is -8.72. The van der Waals surface area contributed by atoms with Gasteiger partial charge in [-0.1, -0.05) is 58.1 Å². The average Bonchev–Trinajstić information content (AvgIpc) is 3.21. The highest BCUT2D eigenvalue weighted by molar-refractivity contribution is 6.76. The van der Waals surface area contributed by atoms with E-state index in [-0.39, 0.29) is 25.2 Å². The molecule has 0 fully saturated rings. The van der Waals surface area contributed by atoms with Crippen molar-refractivity contribution in [3.05, 3.63) is 84.0 Å². The highest BCUT2D eigenvalue weighted by atomic mass is 28.4. The summed E-state index contributed by atoms with van der Waals surface area (Å²) in [5.74, 6) is -59.6. The van der Waals surface area contributed by atoms with E-state index in [0.717, 1.165) is 18.2 Å². The van der Waals surface area contributed by atoms with Crippen molar-refractivity contribution >= 4 is 26.1 Å². The summed E-state index contributed by atoms with van der Waals surface area (Å²) in [6.07, 6.45) is -6.72. The smallest absolute Gasteiger partial charge is 0.460 e. The van der Waals surface area contributed by atoms with Gasteiger partial charge in [-0.3, -0.25) is 5.32 Å². The summed E-state index contributed by atoms with van der Waals surface area (Å²) in [6, 6.07) is 6.43. The van der Waals surface area contributed by atoms with E-state index in [1.807, 2.05) is 0 Å². The first kappa shape index (κ1) is 59.4. The molecule has 27 heteroatoms. The van der Waals surface area contributed by atoms with Crippen molar-refractivity contribution < 1.29 is 112 Å². The van der Waals surface area contributed by atoms with Crippen molar-refractivity contribution in [2.24, 2.45) is 0 Å². The maximum Gasteiger partial charge on any atom is 0.460 e. The molecule has 2 aromatic carbocycles. The zero-order valence-electron chi connectivity index (χ0n) is 36.2. The summed E-state index contributed by atoms with van der Waals surface area (Å²) in [5.41, 5.74) is -1.93. The molecular formula is C41H44F19NO6Si. The molecule has 0 unspecified atom stereocenters. The molecule has 7 nitrogen and oxygen atoms in total. The van der Waals surface area contributed by atoms with Crippen LogP contribution in [0.3, 0.4) is 0 Å². The minimum Gasteiger partial charge on any atom is -0.491 e. The van der Waals surface area contributed by atoms with Crippen molar-refractivity contribution in [2.75, 3.05) is 25.1 Å². The van der Waals surface area contributed by atoms with Crippen LogP contribution in [-0.2, 0) is 18.7 Å². The van der Waals surface area contributed by atoms with Gasteiger partial charge in [-0.05, 0) is 66.7 Å². The number of halogens is 19. The van der Waals surface area contributed by atoms with Crippen LogP contribution in [0.5, 0.6) is 5.75 Å². The van der Waals surface area contributed by atoms with Crippen LogP contribution in [0, 0.1) is 11.6 Å². The first-order valence-electron chi connectivity index (χ1n) is 19.9. The van der Waals surface area contributed by atoms with Gasteiger partial charge in [0.2, 0.25) is 0 Å². The lowest BCUT2D eigenvalue weighted by Crippen LogP contribution is -2.74. The Hall–Kier alpha value is -4.69. The SMILES string of the molecule is CCOC(=O)/C=C/C=C/CC[C@H](OC(=O)Nc1ccc(F)cc1F)c1ccc(OCCO[Si](CCC(F)(F)C(F)(F)C(F)(F)C(F)(F)C(F)(F)C(F)(F)C(F)(F)C(F)(F)F)(C(C)C)C(C)C)cc1. The fourth-order valence-corrected chi connectivity index (χ4v) is 10.9. The number of hydrogen-bond donors (Lipinski definition) is 1. The lowest BCUT2D eigenvalue weighted by Gasteiger charge is -2.44. The summed E-state index contributed by atoms with van der Waals surface area (Å²) in [4.78, 5) is 24.2. The molecule has 1 N–H and O–H groups in total. The first-order valence-corrected chi connectivity index (χ1v) is 22.2. The second-order valence-corrected chi connectivity index (χ2v) is 20.4. The highest BCUT2D eigenvalue weighted by Gasteiger charge is 2.95. The minimum absolute atomic E-state index is 0.0593. The molecule has 0 aliphatic rings. The number of anilines is 1. The molecule has 0 radical (unpaired) electrons. The van der Waals surface area contributed by atoms with E-state index in [1.165, 1.54) is 64.1 Å². The third-order valence-corrected chi connectivity index (χ3v) is 16.0. The van der Waals surface area contributed by atoms with Gasteiger partial charge >= 0.3 is 59.7 Å². The third kappa shape index (κ3) is 12.7. The van der Waals surface area contributed by atoms with E-state index >= 15 is 0 Å². The number of allylic oxidation sites excluding steroid dienone is 3. The highest BCUT2D eigenvalue weighted by Crippen LogP contribution is 2.64. The predicted molar refractivity (Wildman–Crippen MR) is 207 cm³/mol. The molecule has 0 aliphatic heterocycles. The van der Waals surface area contributed by atoms with Gasteiger partial charge in [0.1, 0.15) is 30.1 Å². The van der Waals surface area contributed by atoms with Crippen molar-refractivity contribution in [1.29, 1.82) is 0 Å². The molecule has 0 aliphatic carbocycles. The molecule has 1 atom stereocenters. The van der Waals surface area contributed by atoms with Crippen LogP contribution in [0.25, 0.3) is 0 Å². The predicted octanol–water partition coefficient (Wildman–Crippen LogP) is 14.3. The van der Waals surface area contributed by atoms with E-state index in [9.17, 15) is 93.0 Å². The van der Waals surface area contributed by atoms with Gasteiger partial charge in [0, 0.05) is 18.6 Å². The summed E-state index contributed by atoms with van der Waals surface area (Å²) in [5, 5.41) is 2.13. The van der Waals surface area contributed by atoms with Gasteiger partial charge in [-0.25, -0.2) is 18.4 Å². The number of carbonyl (C=O) groups excluding carboxylic acids is 2. The van der Waals surface area contributed by atoms with Gasteiger partial charge in [-0.2, -0.15) is 74.6 Å². The number of rotatable bonds is 25. The maximum atomic E-state index is 15.0. The summed E-state index contributed by atoms with van der Waals surface area (Å²) >= 11 is 0. The van der Waals surface area contributed by atoms with Crippen molar-refractivity contribution in [1.82, 2.24) is 0 Å². The zero-order valence-corrected chi connectivity index (χ0v) is 37.2. The zero-order chi connectivity index (χ0) is 52.5. The van der Waals surface area contributed by atoms with Crippen LogP contribution >= 0.6 is 0 Å². The van der Waals surface area contributed by atoms with Crippen LogP contribution in [0.1, 0.15) is 65.5 Å². The second kappa shape index (κ2) is 22.4. The van der Waals surface area contributed by atoms with Gasteiger partial charge in [0.05, 0.1) is 18.9 Å². The van der Waals surface area contributed by atoms with E-state index in [1.54, 1.807) is 13.0 Å². The Morgan fingerprint density at radius 1 is 0.691 bits per heavy atom. The standard InChI is InChI=1S/C41H44F19NO6Si/c1-6-64-32(62)12-10-8-7-9-11-31(67-33(63)61-30-18-15-27(42)23-29(30)43)26-13-16-28(17-14-26)65-20-21-66-68(24(2)3,25(4)5)22-19-34(44,45)35(46,47)36(48,49)37(50,51)38(52,53)39(54,55)40(56,57)41(58,59)60/h7-8,10,12-18,23-25,31H,6,9,11,19-22H2,1-5H3,(H,61,63)/b8-7+,12-10+/t31-/m0/s1. The molecule has 2 rings (SSSR count). The number of carbonyl (C=O) groups is 2. The van der Waals surface area contributed by atoms with Crippen LogP contribution in [-0.4, -0.2) is 87.8 Å². The molecule has 0 saturated heterocycles. The average molecular weight is 1040 g/mol. The van der Waals surface area contributed by atoms with Crippen molar-refractivity contribution in [3.8, 4) is 5.75 Å². The molecule has 0 saturated carbocycles. The Morgan fingerprint density at radius 2 is 1.22 bits per heavy atom. The van der Waals surface area contributed by atoms with E-state index < -0.39 is 128 Å². The topological polar surface area (TPSA) is 83.1 Å². The molecule has 0 heterocycles. The molecule has 0 spiro atoms. The number of hydrogen-bond acceptors (Lipinski definition) is 6. The van der Waals surface area contributed by atoms with E-state index in [4.69, 9.17) is 18.6 Å². The van der Waals surface area contributed by atoms with Gasteiger partial charge in [0.15, 0.2) is 8.32 Å². The maximum absolute atomic E-state index is 15.0. The molecule has 2 aromatic rings. The Kier molecular flexibility index (Phi) is 19.6. The summed E-state index contributed by atoms with van der Waals surface area (Å²) in [6.45, 7) is 5.87. The number of esters is 1. The van der Waals surface area contributed by atoms with Crippen LogP contribution < -0.4 is 10.1 Å². The number of nitrogens with one attached hydrogen (secondary N) is 1. The Labute approximate surface area is 377 Å². The Balaban J connectivity index is 2.27. The normalized spacial score (nSPS) is 14.6. The fraction of sp³-hybridized carbons (Fsp3) is 0.561. The third-order valence-electron chi connectivity index (χ3n) is 10.3. The molecule has 68 heavy (non-hydrogen) atoms. The van der Waals surface area contributed by atoms with Gasteiger partial charge in [0.25, 0.3) is 0 Å².